The van der Waals surface area contributed by atoms with Crippen molar-refractivity contribution in [1.82, 2.24) is 10.4 Å². The summed E-state index contributed by atoms with van der Waals surface area (Å²) in [5, 5.41) is 13.5. The summed E-state index contributed by atoms with van der Waals surface area (Å²) in [5.74, 6) is 0.655. The molecule has 0 unspecified atom stereocenters. The number of hydrogen-bond acceptors (Lipinski definition) is 7. The molecule has 2 rings (SSSR count). The summed E-state index contributed by atoms with van der Waals surface area (Å²) in [5.41, 5.74) is 4.60. The van der Waals surface area contributed by atoms with E-state index in [0.29, 0.717) is 34.0 Å². The Morgan fingerprint density at radius 2 is 2.10 bits per heavy atom. The van der Waals surface area contributed by atoms with E-state index in [1.165, 1.54) is 13.3 Å². The third-order valence-corrected chi connectivity index (χ3v) is 5.04. The van der Waals surface area contributed by atoms with Crippen molar-refractivity contribution in [2.45, 2.75) is 27.4 Å². The average Bonchev–Trinajstić information content (AvgIpc) is 2.75. The van der Waals surface area contributed by atoms with Gasteiger partial charge in [0.25, 0.3) is 5.91 Å². The molecule has 2 aromatic rings. The minimum absolute atomic E-state index is 0.0711. The molecule has 9 heteroatoms. The van der Waals surface area contributed by atoms with Crippen LogP contribution < -0.4 is 14.9 Å². The number of nitriles is 1. The second kappa shape index (κ2) is 12.0. The van der Waals surface area contributed by atoms with Crippen LogP contribution in [0.25, 0.3) is 0 Å². The SMILES string of the molecule is COCc1c(Br)c(C)nc(OCC(=O)N/N=C\c2ccccc2OCC(C)C)c1C#N. The van der Waals surface area contributed by atoms with Crippen LogP contribution in [-0.4, -0.2) is 37.4 Å². The number of nitrogens with one attached hydrogen (secondary N) is 1. The van der Waals surface area contributed by atoms with E-state index in [4.69, 9.17) is 14.2 Å². The summed E-state index contributed by atoms with van der Waals surface area (Å²) >= 11 is 3.41. The fourth-order valence-electron chi connectivity index (χ4n) is 2.53. The molecule has 1 aromatic heterocycles. The fourth-order valence-corrected chi connectivity index (χ4v) is 2.93. The average molecular weight is 489 g/mol. The summed E-state index contributed by atoms with van der Waals surface area (Å²) < 4.78 is 17.1. The third kappa shape index (κ3) is 7.05. The maximum absolute atomic E-state index is 12.1. The predicted molar refractivity (Wildman–Crippen MR) is 120 cm³/mol. The van der Waals surface area contributed by atoms with Crippen molar-refractivity contribution in [3.63, 3.8) is 0 Å². The Kier molecular flexibility index (Phi) is 9.43. The van der Waals surface area contributed by atoms with Crippen LogP contribution in [0, 0.1) is 24.2 Å². The van der Waals surface area contributed by atoms with Crippen LogP contribution in [0.1, 0.15) is 36.2 Å². The Morgan fingerprint density at radius 3 is 2.77 bits per heavy atom. The van der Waals surface area contributed by atoms with Crippen molar-refractivity contribution >= 4 is 28.1 Å². The molecule has 31 heavy (non-hydrogen) atoms. The van der Waals surface area contributed by atoms with Gasteiger partial charge in [0.15, 0.2) is 6.61 Å². The van der Waals surface area contributed by atoms with Crippen LogP contribution in [0.4, 0.5) is 0 Å². The second-order valence-corrected chi connectivity index (χ2v) is 7.83. The molecule has 0 saturated carbocycles. The summed E-state index contributed by atoms with van der Waals surface area (Å²) in [7, 11) is 1.53. The lowest BCUT2D eigenvalue weighted by Crippen LogP contribution is -2.25. The van der Waals surface area contributed by atoms with Crippen LogP contribution in [0.3, 0.4) is 0 Å². The van der Waals surface area contributed by atoms with Crippen molar-refractivity contribution in [3.05, 3.63) is 51.1 Å². The molecule has 0 bridgehead atoms. The molecule has 8 nitrogen and oxygen atoms in total. The summed E-state index contributed by atoms with van der Waals surface area (Å²) in [6.07, 6.45) is 1.51. The van der Waals surface area contributed by atoms with Crippen molar-refractivity contribution in [2.24, 2.45) is 11.0 Å². The number of amides is 1. The van der Waals surface area contributed by atoms with E-state index in [1.54, 1.807) is 6.92 Å². The highest BCUT2D eigenvalue weighted by atomic mass is 79.9. The second-order valence-electron chi connectivity index (χ2n) is 7.04. The van der Waals surface area contributed by atoms with E-state index in [1.807, 2.05) is 24.3 Å². The number of carbonyl (C=O) groups excluding carboxylic acids is 1. The molecule has 0 aliphatic heterocycles. The molecule has 0 aliphatic rings. The number of ether oxygens (including phenoxy) is 3. The van der Waals surface area contributed by atoms with Gasteiger partial charge >= 0.3 is 0 Å². The van der Waals surface area contributed by atoms with Gasteiger partial charge in [0, 0.05) is 22.7 Å². The van der Waals surface area contributed by atoms with Gasteiger partial charge in [0.05, 0.1) is 25.1 Å². The molecule has 0 fully saturated rings. The van der Waals surface area contributed by atoms with Gasteiger partial charge in [-0.15, -0.1) is 0 Å². The number of carbonyl (C=O) groups is 1. The Bertz CT molecular complexity index is 986. The van der Waals surface area contributed by atoms with E-state index >= 15 is 0 Å². The molecule has 0 aliphatic carbocycles. The normalized spacial score (nSPS) is 10.9. The first-order chi connectivity index (χ1) is 14.9. The van der Waals surface area contributed by atoms with Crippen LogP contribution in [-0.2, 0) is 16.1 Å². The first-order valence-corrected chi connectivity index (χ1v) is 10.4. The van der Waals surface area contributed by atoms with Crippen molar-refractivity contribution < 1.29 is 19.0 Å². The lowest BCUT2D eigenvalue weighted by atomic mass is 10.1. The highest BCUT2D eigenvalue weighted by molar-refractivity contribution is 9.10. The largest absolute Gasteiger partial charge is 0.493 e. The minimum Gasteiger partial charge on any atom is -0.493 e. The van der Waals surface area contributed by atoms with Gasteiger partial charge in [-0.25, -0.2) is 10.4 Å². The first kappa shape index (κ1) is 24.3. The Labute approximate surface area is 190 Å². The molecule has 1 N–H and O–H groups in total. The van der Waals surface area contributed by atoms with Crippen LogP contribution in [0.2, 0.25) is 0 Å². The number of benzene rings is 1. The molecular formula is C22H25BrN4O4. The molecule has 0 saturated heterocycles. The van der Waals surface area contributed by atoms with E-state index in [0.717, 1.165) is 5.56 Å². The van der Waals surface area contributed by atoms with Crippen LogP contribution in [0.15, 0.2) is 33.8 Å². The Morgan fingerprint density at radius 1 is 1.35 bits per heavy atom. The van der Waals surface area contributed by atoms with Crippen LogP contribution >= 0.6 is 15.9 Å². The zero-order valence-electron chi connectivity index (χ0n) is 17.9. The summed E-state index contributed by atoms with van der Waals surface area (Å²) in [4.78, 5) is 16.4. The molecule has 164 valence electrons. The molecule has 0 atom stereocenters. The van der Waals surface area contributed by atoms with Gasteiger partial charge in [0.1, 0.15) is 17.4 Å². The highest BCUT2D eigenvalue weighted by Gasteiger charge is 2.18. The fraction of sp³-hybridized carbons (Fsp3) is 0.364. The van der Waals surface area contributed by atoms with E-state index in [2.05, 4.69) is 51.4 Å². The van der Waals surface area contributed by atoms with Gasteiger partial charge in [-0.05, 0) is 40.9 Å². The number of pyridine rings is 1. The zero-order chi connectivity index (χ0) is 22.8. The molecule has 1 heterocycles. The van der Waals surface area contributed by atoms with Gasteiger partial charge in [-0.2, -0.15) is 10.4 Å². The number of rotatable bonds is 10. The van der Waals surface area contributed by atoms with Gasteiger partial charge in [0.2, 0.25) is 5.88 Å². The highest BCUT2D eigenvalue weighted by Crippen LogP contribution is 2.29. The number of halogens is 1. The molecule has 0 radical (unpaired) electrons. The Hall–Kier alpha value is -2.96. The zero-order valence-corrected chi connectivity index (χ0v) is 19.5. The van der Waals surface area contributed by atoms with Crippen LogP contribution in [0.5, 0.6) is 11.6 Å². The molecule has 0 spiro atoms. The molecular weight excluding hydrogens is 464 g/mol. The van der Waals surface area contributed by atoms with Crippen molar-refractivity contribution in [1.29, 1.82) is 5.26 Å². The monoisotopic (exact) mass is 488 g/mol. The van der Waals surface area contributed by atoms with E-state index < -0.39 is 5.91 Å². The maximum Gasteiger partial charge on any atom is 0.278 e. The van der Waals surface area contributed by atoms with Gasteiger partial charge < -0.3 is 14.2 Å². The van der Waals surface area contributed by atoms with E-state index in [9.17, 15) is 10.1 Å². The predicted octanol–water partition coefficient (Wildman–Crippen LogP) is 3.73. The smallest absolute Gasteiger partial charge is 0.278 e. The van der Waals surface area contributed by atoms with Gasteiger partial charge in [-0.1, -0.05) is 26.0 Å². The summed E-state index contributed by atoms with van der Waals surface area (Å²) in [6.45, 7) is 6.33. The topological polar surface area (TPSA) is 106 Å². The summed E-state index contributed by atoms with van der Waals surface area (Å²) in [6, 6.07) is 9.47. The molecule has 1 amide bonds. The number of hydrazone groups is 1. The van der Waals surface area contributed by atoms with Gasteiger partial charge in [-0.3, -0.25) is 4.79 Å². The first-order valence-electron chi connectivity index (χ1n) is 9.61. The quantitative estimate of drug-likeness (QED) is 0.403. The number of aromatic nitrogens is 1. The third-order valence-electron chi connectivity index (χ3n) is 3.99. The number of aryl methyl sites for hydroxylation is 1. The number of methoxy groups -OCH3 is 1. The minimum atomic E-state index is -0.489. The number of nitrogens with zero attached hydrogens (tertiary/aromatic N) is 3. The lowest BCUT2D eigenvalue weighted by Gasteiger charge is -2.13. The molecule has 1 aromatic carbocycles. The van der Waals surface area contributed by atoms with Crippen molar-refractivity contribution in [3.8, 4) is 17.7 Å². The van der Waals surface area contributed by atoms with Crippen molar-refractivity contribution in [2.75, 3.05) is 20.3 Å². The lowest BCUT2D eigenvalue weighted by molar-refractivity contribution is -0.123. The standard InChI is InChI=1S/C22H25BrN4O4/c1-14(2)11-30-19-8-6-5-7-16(19)10-25-27-20(28)13-31-22-17(9-24)18(12-29-4)21(23)15(3)26-22/h5-8,10,14H,11-13H2,1-4H3,(H,27,28)/b25-10-. The number of hydrogen-bond donors (Lipinski definition) is 1. The van der Waals surface area contributed by atoms with E-state index in [-0.39, 0.29) is 24.7 Å². The Balaban J connectivity index is 2.02. The number of para-hydroxylation sites is 1. The maximum atomic E-state index is 12.1.